The fourth-order valence-corrected chi connectivity index (χ4v) is 1.34. The molecule has 0 aromatic carbocycles. The lowest BCUT2D eigenvalue weighted by molar-refractivity contribution is -0.138. The number of hydrogen-bond donors (Lipinski definition) is 1. The minimum atomic E-state index is -0.870. The molecule has 0 radical (unpaired) electrons. The summed E-state index contributed by atoms with van der Waals surface area (Å²) in [7, 11) is 0. The second-order valence-corrected chi connectivity index (χ2v) is 2.64. The third kappa shape index (κ3) is 1.89. The van der Waals surface area contributed by atoms with Crippen LogP contribution in [0.25, 0.3) is 0 Å². The molecule has 0 aromatic heterocycles. The zero-order chi connectivity index (χ0) is 8.27. The molecule has 1 aliphatic rings. The first-order valence-electron chi connectivity index (χ1n) is 3.55. The average Bonchev–Trinajstić information content (AvgIpc) is 2.34. The van der Waals surface area contributed by atoms with Gasteiger partial charge in [-0.3, -0.25) is 9.80 Å². The van der Waals surface area contributed by atoms with Gasteiger partial charge in [-0.05, 0) is 12.8 Å². The summed E-state index contributed by atoms with van der Waals surface area (Å²) in [6, 6.07) is -0.176. The molecule has 1 aliphatic heterocycles. The zero-order valence-electron chi connectivity index (χ0n) is 6.06. The van der Waals surface area contributed by atoms with E-state index in [1.165, 1.54) is 5.01 Å². The monoisotopic (exact) mass is 158 g/mol. The molecule has 1 fully saturated rings. The highest BCUT2D eigenvalue weighted by atomic mass is 16.4. The summed E-state index contributed by atoms with van der Waals surface area (Å²) in [5.41, 5.74) is 0. The molecule has 11 heavy (non-hydrogen) atoms. The van der Waals surface area contributed by atoms with Gasteiger partial charge in [0.25, 0.3) is 0 Å². The molecule has 1 heterocycles. The number of carboxylic acids is 1. The van der Waals surface area contributed by atoms with Crippen molar-refractivity contribution >= 4 is 5.97 Å². The molecule has 1 rings (SSSR count). The van der Waals surface area contributed by atoms with Gasteiger partial charge in [-0.2, -0.15) is 0 Å². The Balaban J connectivity index is 2.43. The molecule has 0 spiro atoms. The van der Waals surface area contributed by atoms with Gasteiger partial charge < -0.3 is 5.11 Å². The number of aliphatic carboxylic acids is 1. The summed E-state index contributed by atoms with van der Waals surface area (Å²) < 4.78 is 0. The quantitative estimate of drug-likeness (QED) is 0.611. The fraction of sp³-hybridized carbons (Fsp3) is 0.833. The topological polar surface area (TPSA) is 70.0 Å². The Bertz CT molecular complexity index is 171. The molecule has 5 heteroatoms. The van der Waals surface area contributed by atoms with E-state index in [-0.39, 0.29) is 12.5 Å². The maximum Gasteiger partial charge on any atom is 0.305 e. The van der Waals surface area contributed by atoms with E-state index in [9.17, 15) is 9.70 Å². The number of nitrogens with zero attached hydrogens (tertiary/aromatic N) is 2. The van der Waals surface area contributed by atoms with Crippen LogP contribution in [0, 0.1) is 4.91 Å². The van der Waals surface area contributed by atoms with Crippen LogP contribution in [0.1, 0.15) is 19.3 Å². The standard InChI is InChI=1S/C6H10N2O3/c9-6(10)4-5-2-1-3-8(5)7-11/h5H,1-4H2,(H,9,10). The zero-order valence-corrected chi connectivity index (χ0v) is 6.06. The van der Waals surface area contributed by atoms with E-state index >= 15 is 0 Å². The van der Waals surface area contributed by atoms with Gasteiger partial charge in [-0.25, -0.2) is 0 Å². The fourth-order valence-electron chi connectivity index (χ4n) is 1.34. The van der Waals surface area contributed by atoms with Crippen LogP contribution in [-0.2, 0) is 4.79 Å². The maximum atomic E-state index is 10.2. The molecule has 62 valence electrons. The van der Waals surface area contributed by atoms with Gasteiger partial charge in [0.15, 0.2) is 0 Å². The smallest absolute Gasteiger partial charge is 0.305 e. The lowest BCUT2D eigenvalue weighted by atomic mass is 10.2. The lowest BCUT2D eigenvalue weighted by Gasteiger charge is -2.14. The summed E-state index contributed by atoms with van der Waals surface area (Å²) in [6.45, 7) is 0.599. The maximum absolute atomic E-state index is 10.2. The van der Waals surface area contributed by atoms with Gasteiger partial charge in [0.05, 0.1) is 17.7 Å². The Morgan fingerprint density at radius 3 is 3.00 bits per heavy atom. The van der Waals surface area contributed by atoms with Crippen LogP contribution in [0.3, 0.4) is 0 Å². The van der Waals surface area contributed by atoms with E-state index in [1.54, 1.807) is 0 Å². The highest BCUT2D eigenvalue weighted by Gasteiger charge is 2.26. The van der Waals surface area contributed by atoms with Crippen LogP contribution in [0.4, 0.5) is 0 Å². The highest BCUT2D eigenvalue weighted by Crippen LogP contribution is 2.19. The molecule has 0 amide bonds. The Morgan fingerprint density at radius 1 is 1.73 bits per heavy atom. The Hall–Kier alpha value is -1.13. The summed E-state index contributed by atoms with van der Waals surface area (Å²) in [4.78, 5) is 20.3. The second kappa shape index (κ2) is 3.32. The van der Waals surface area contributed by atoms with E-state index in [1.807, 2.05) is 0 Å². The van der Waals surface area contributed by atoms with E-state index < -0.39 is 5.97 Å². The molecule has 0 aromatic rings. The van der Waals surface area contributed by atoms with Gasteiger partial charge >= 0.3 is 5.97 Å². The van der Waals surface area contributed by atoms with Crippen LogP contribution >= 0.6 is 0 Å². The van der Waals surface area contributed by atoms with E-state index in [0.29, 0.717) is 6.54 Å². The van der Waals surface area contributed by atoms with Crippen molar-refractivity contribution in [3.8, 4) is 0 Å². The Labute approximate surface area is 63.9 Å². The Morgan fingerprint density at radius 2 is 2.45 bits per heavy atom. The third-order valence-electron chi connectivity index (χ3n) is 1.86. The molecular weight excluding hydrogens is 148 g/mol. The highest BCUT2D eigenvalue weighted by molar-refractivity contribution is 5.67. The van der Waals surface area contributed by atoms with Crippen LogP contribution < -0.4 is 0 Å². The summed E-state index contributed by atoms with van der Waals surface area (Å²) in [6.07, 6.45) is 1.65. The van der Waals surface area contributed by atoms with Gasteiger partial charge in [-0.15, -0.1) is 4.91 Å². The van der Waals surface area contributed by atoms with Gasteiger partial charge in [0.1, 0.15) is 0 Å². The summed E-state index contributed by atoms with van der Waals surface area (Å²) in [5.74, 6) is -0.870. The largest absolute Gasteiger partial charge is 0.481 e. The van der Waals surface area contributed by atoms with Crippen LogP contribution in [0.5, 0.6) is 0 Å². The van der Waals surface area contributed by atoms with Crippen molar-refractivity contribution in [1.82, 2.24) is 5.01 Å². The molecule has 0 saturated carbocycles. The van der Waals surface area contributed by atoms with Crippen molar-refractivity contribution in [3.63, 3.8) is 0 Å². The summed E-state index contributed by atoms with van der Waals surface area (Å²) in [5, 5.41) is 12.5. The minimum Gasteiger partial charge on any atom is -0.481 e. The first kappa shape index (κ1) is 7.97. The molecule has 5 nitrogen and oxygen atoms in total. The molecular formula is C6H10N2O3. The van der Waals surface area contributed by atoms with Crippen molar-refractivity contribution in [2.45, 2.75) is 25.3 Å². The average molecular weight is 158 g/mol. The molecule has 0 aliphatic carbocycles. The van der Waals surface area contributed by atoms with Gasteiger partial charge in [0, 0.05) is 6.54 Å². The van der Waals surface area contributed by atoms with Crippen LogP contribution in [0.2, 0.25) is 0 Å². The third-order valence-corrected chi connectivity index (χ3v) is 1.86. The molecule has 1 N–H and O–H groups in total. The van der Waals surface area contributed by atoms with Gasteiger partial charge in [-0.1, -0.05) is 0 Å². The SMILES string of the molecule is O=NN1CCCC1CC(=O)O. The van der Waals surface area contributed by atoms with Crippen LogP contribution in [0.15, 0.2) is 5.29 Å². The number of rotatable bonds is 3. The number of nitroso groups, excluding NO2 is 1. The van der Waals surface area contributed by atoms with Crippen molar-refractivity contribution < 1.29 is 9.90 Å². The minimum absolute atomic E-state index is 0.0196. The molecule has 0 bridgehead atoms. The van der Waals surface area contributed by atoms with E-state index in [4.69, 9.17) is 5.11 Å². The first-order valence-corrected chi connectivity index (χ1v) is 3.55. The number of carboxylic acid groups (broad SMARTS) is 1. The predicted molar refractivity (Wildman–Crippen MR) is 37.8 cm³/mol. The molecule has 1 saturated heterocycles. The lowest BCUT2D eigenvalue weighted by Crippen LogP contribution is -2.25. The van der Waals surface area contributed by atoms with Crippen molar-refractivity contribution in [2.24, 2.45) is 5.29 Å². The van der Waals surface area contributed by atoms with Crippen molar-refractivity contribution in [3.05, 3.63) is 4.91 Å². The molecule has 1 atom stereocenters. The first-order chi connectivity index (χ1) is 5.24. The number of carbonyl (C=O) groups is 1. The number of hydrogen-bond acceptors (Lipinski definition) is 3. The summed E-state index contributed by atoms with van der Waals surface area (Å²) >= 11 is 0. The van der Waals surface area contributed by atoms with Crippen LogP contribution in [-0.4, -0.2) is 28.7 Å². The second-order valence-electron chi connectivity index (χ2n) is 2.64. The van der Waals surface area contributed by atoms with Crippen molar-refractivity contribution in [2.75, 3.05) is 6.54 Å². The predicted octanol–water partition coefficient (Wildman–Crippen LogP) is 0.607. The van der Waals surface area contributed by atoms with E-state index in [2.05, 4.69) is 5.29 Å². The van der Waals surface area contributed by atoms with Gasteiger partial charge in [0.2, 0.25) is 0 Å². The normalized spacial score (nSPS) is 23.6. The molecule has 1 unspecified atom stereocenters. The van der Waals surface area contributed by atoms with Crippen molar-refractivity contribution in [1.29, 1.82) is 0 Å². The Kier molecular flexibility index (Phi) is 2.40. The van der Waals surface area contributed by atoms with E-state index in [0.717, 1.165) is 12.8 Å².